The Labute approximate surface area is 209 Å². The van der Waals surface area contributed by atoms with E-state index in [4.69, 9.17) is 0 Å². The maximum absolute atomic E-state index is 11.8. The second-order valence-electron chi connectivity index (χ2n) is 11.4. The van der Waals surface area contributed by atoms with Gasteiger partial charge in [-0.1, -0.05) is 79.1 Å². The van der Waals surface area contributed by atoms with Crippen LogP contribution in [0.2, 0.25) is 0 Å². The topological polar surface area (TPSA) is 40.5 Å². The summed E-state index contributed by atoms with van der Waals surface area (Å²) >= 11 is 0. The van der Waals surface area contributed by atoms with Crippen molar-refractivity contribution in [3.8, 4) is 23.0 Å². The molecule has 0 spiro atoms. The molecule has 1 unspecified atom stereocenters. The number of benzene rings is 2. The van der Waals surface area contributed by atoms with E-state index in [0.29, 0.717) is 11.8 Å². The van der Waals surface area contributed by atoms with Crippen molar-refractivity contribution in [2.45, 2.75) is 76.4 Å². The fourth-order valence-electron chi connectivity index (χ4n) is 8.03. The van der Waals surface area contributed by atoms with Gasteiger partial charge in [0.05, 0.1) is 6.10 Å². The van der Waals surface area contributed by atoms with Gasteiger partial charge in [-0.15, -0.1) is 5.92 Å². The molecule has 4 aliphatic rings. The van der Waals surface area contributed by atoms with Crippen LogP contribution in [-0.4, -0.2) is 21.9 Å². The zero-order valence-corrected chi connectivity index (χ0v) is 20.9. The number of fused-ring (bicyclic) bond motifs is 4. The van der Waals surface area contributed by atoms with E-state index >= 15 is 0 Å². The molecule has 2 aromatic carbocycles. The summed E-state index contributed by atoms with van der Waals surface area (Å²) < 4.78 is 0. The van der Waals surface area contributed by atoms with Crippen LogP contribution in [0.4, 0.5) is 0 Å². The third kappa shape index (κ3) is 3.55. The van der Waals surface area contributed by atoms with Gasteiger partial charge in [0.15, 0.2) is 0 Å². The summed E-state index contributed by atoms with van der Waals surface area (Å²) in [6, 6.07) is 19.7. The zero-order chi connectivity index (χ0) is 24.2. The maximum Gasteiger partial charge on any atom is 0.131 e. The van der Waals surface area contributed by atoms with Crippen molar-refractivity contribution in [2.75, 3.05) is 0 Å². The summed E-state index contributed by atoms with van der Waals surface area (Å²) in [4.78, 5) is 0. The smallest absolute Gasteiger partial charge is 0.131 e. The van der Waals surface area contributed by atoms with Crippen LogP contribution in [0.3, 0.4) is 0 Å². The molecule has 2 aromatic rings. The van der Waals surface area contributed by atoms with Gasteiger partial charge in [-0.25, -0.2) is 0 Å². The lowest BCUT2D eigenvalue weighted by molar-refractivity contribution is -0.0514. The molecule has 0 saturated heterocycles. The lowest BCUT2D eigenvalue weighted by atomic mass is 9.51. The number of rotatable bonds is 2. The summed E-state index contributed by atoms with van der Waals surface area (Å²) in [6.07, 6.45) is 8.52. The number of hydrogen-bond acceptors (Lipinski definition) is 2. The van der Waals surface area contributed by atoms with Crippen LogP contribution in [0, 0.1) is 29.1 Å². The molecule has 2 fully saturated rings. The van der Waals surface area contributed by atoms with Crippen LogP contribution in [0.25, 0.3) is 11.1 Å². The molecule has 0 bridgehead atoms. The number of hydrogen-bond donors (Lipinski definition) is 2. The maximum atomic E-state index is 11.8. The van der Waals surface area contributed by atoms with Crippen LogP contribution >= 0.6 is 0 Å². The Bertz CT molecular complexity index is 1240. The Morgan fingerprint density at radius 2 is 1.66 bits per heavy atom. The molecule has 2 saturated carbocycles. The first kappa shape index (κ1) is 22.8. The Balaban J connectivity index is 1.48. The van der Waals surface area contributed by atoms with Gasteiger partial charge >= 0.3 is 0 Å². The molecule has 2 heteroatoms. The summed E-state index contributed by atoms with van der Waals surface area (Å²) in [7, 11) is 0. The van der Waals surface area contributed by atoms with Crippen molar-refractivity contribution in [1.29, 1.82) is 0 Å². The van der Waals surface area contributed by atoms with Crippen molar-refractivity contribution in [3.63, 3.8) is 0 Å². The van der Waals surface area contributed by atoms with Gasteiger partial charge in [-0.3, -0.25) is 0 Å². The lowest BCUT2D eigenvalue weighted by Crippen LogP contribution is -2.51. The van der Waals surface area contributed by atoms with Crippen LogP contribution in [0.15, 0.2) is 77.4 Å². The molecule has 35 heavy (non-hydrogen) atoms. The van der Waals surface area contributed by atoms with E-state index in [1.807, 2.05) is 6.92 Å². The van der Waals surface area contributed by atoms with E-state index in [9.17, 15) is 10.2 Å². The Morgan fingerprint density at radius 3 is 2.40 bits per heavy atom. The first-order valence-corrected chi connectivity index (χ1v) is 13.4. The molecule has 2 nitrogen and oxygen atoms in total. The van der Waals surface area contributed by atoms with Crippen LogP contribution in [0.1, 0.15) is 70.3 Å². The van der Waals surface area contributed by atoms with Crippen molar-refractivity contribution >= 4 is 0 Å². The zero-order valence-electron chi connectivity index (χ0n) is 20.9. The highest BCUT2D eigenvalue weighted by Crippen LogP contribution is 2.66. The molecule has 2 N–H and O–H groups in total. The summed E-state index contributed by atoms with van der Waals surface area (Å²) in [5, 5.41) is 22.2. The van der Waals surface area contributed by atoms with Gasteiger partial charge < -0.3 is 10.2 Å². The van der Waals surface area contributed by atoms with Crippen molar-refractivity contribution in [1.82, 2.24) is 0 Å². The van der Waals surface area contributed by atoms with Gasteiger partial charge in [-0.05, 0) is 91.5 Å². The molecule has 180 valence electrons. The normalized spacial score (nSPS) is 35.8. The van der Waals surface area contributed by atoms with Gasteiger partial charge in [0.25, 0.3) is 0 Å². The molecular weight excluding hydrogens is 428 g/mol. The molecule has 4 aliphatic carbocycles. The van der Waals surface area contributed by atoms with Gasteiger partial charge in [0.1, 0.15) is 5.60 Å². The predicted octanol–water partition coefficient (Wildman–Crippen LogP) is 6.80. The summed E-state index contributed by atoms with van der Waals surface area (Å²) in [6.45, 7) is 4.17. The van der Waals surface area contributed by atoms with E-state index in [-0.39, 0.29) is 17.4 Å². The van der Waals surface area contributed by atoms with Gasteiger partial charge in [0, 0.05) is 11.3 Å². The van der Waals surface area contributed by atoms with Crippen molar-refractivity contribution in [2.24, 2.45) is 17.3 Å². The number of aliphatic hydroxyl groups excluding tert-OH is 1. The first-order chi connectivity index (χ1) is 16.9. The average Bonchev–Trinajstić information content (AvgIpc) is 3.14. The van der Waals surface area contributed by atoms with Gasteiger partial charge in [0.2, 0.25) is 0 Å². The Morgan fingerprint density at radius 1 is 0.914 bits per heavy atom. The molecule has 0 aromatic heterocycles. The molecule has 6 rings (SSSR count). The average molecular weight is 465 g/mol. The first-order valence-electron chi connectivity index (χ1n) is 13.4. The van der Waals surface area contributed by atoms with E-state index < -0.39 is 5.60 Å². The molecular formula is C33H36O2. The molecule has 0 aliphatic heterocycles. The molecule has 0 radical (unpaired) electrons. The largest absolute Gasteiger partial charge is 0.389 e. The predicted molar refractivity (Wildman–Crippen MR) is 142 cm³/mol. The fraction of sp³-hybridized carbons (Fsp3) is 0.455. The summed E-state index contributed by atoms with van der Waals surface area (Å²) in [5.74, 6) is 7.56. The van der Waals surface area contributed by atoms with Gasteiger partial charge in [-0.2, -0.15) is 0 Å². The van der Waals surface area contributed by atoms with E-state index in [0.717, 1.165) is 44.9 Å². The lowest BCUT2D eigenvalue weighted by Gasteiger charge is -2.54. The molecule has 6 atom stereocenters. The van der Waals surface area contributed by atoms with Crippen molar-refractivity contribution in [3.05, 3.63) is 83.0 Å². The SMILES string of the molecule is CC#C[C@]1(O)CC[C@H]2[C@@H]3CCC4=CC(O)CCC4=C3[C@@H](c3ccc(-c4ccccc4)cc3)C[C@@]21C. The number of aliphatic hydroxyl groups is 2. The van der Waals surface area contributed by atoms with E-state index in [2.05, 4.69) is 79.4 Å². The third-order valence-corrected chi connectivity index (χ3v) is 9.77. The number of allylic oxidation sites excluding steroid dienone is 3. The highest BCUT2D eigenvalue weighted by molar-refractivity contribution is 5.64. The minimum Gasteiger partial charge on any atom is -0.389 e. The summed E-state index contributed by atoms with van der Waals surface area (Å²) in [5.41, 5.74) is 7.20. The van der Waals surface area contributed by atoms with E-state index in [1.54, 1.807) is 5.57 Å². The van der Waals surface area contributed by atoms with Crippen LogP contribution in [-0.2, 0) is 0 Å². The van der Waals surface area contributed by atoms with Crippen LogP contribution < -0.4 is 0 Å². The third-order valence-electron chi connectivity index (χ3n) is 9.77. The second-order valence-corrected chi connectivity index (χ2v) is 11.4. The van der Waals surface area contributed by atoms with E-state index in [1.165, 1.54) is 27.8 Å². The molecule has 0 heterocycles. The Hall–Kier alpha value is -2.60. The van der Waals surface area contributed by atoms with Crippen LogP contribution in [0.5, 0.6) is 0 Å². The minimum atomic E-state index is -0.913. The highest BCUT2D eigenvalue weighted by atomic mass is 16.3. The van der Waals surface area contributed by atoms with Crippen molar-refractivity contribution < 1.29 is 10.2 Å². The quantitative estimate of drug-likeness (QED) is 0.480. The Kier molecular flexibility index (Phi) is 5.55. The molecule has 0 amide bonds. The minimum absolute atomic E-state index is 0.219. The highest BCUT2D eigenvalue weighted by Gasteiger charge is 2.62. The second kappa shape index (κ2) is 8.51. The fourth-order valence-corrected chi connectivity index (χ4v) is 8.03. The monoisotopic (exact) mass is 464 g/mol. The standard InChI is InChI=1S/C33H36O2/c1-3-18-33(35)19-17-30-28-15-13-25-20-26(34)14-16-27(25)31(28)29(21-32(30,33)2)24-11-9-23(10-12-24)22-7-5-4-6-8-22/h4-12,20,26,28-30,34-35H,13-17,19,21H2,1-2H3/t26?,28-,29+,30-,32-,33-/m0/s1.